The van der Waals surface area contributed by atoms with Crippen molar-refractivity contribution < 1.29 is 33.0 Å². The second-order valence-corrected chi connectivity index (χ2v) is 10.6. The summed E-state index contributed by atoms with van der Waals surface area (Å²) in [6, 6.07) is 12.4. The van der Waals surface area contributed by atoms with Crippen molar-refractivity contribution in [2.24, 2.45) is 5.41 Å². The molecule has 3 N–H and O–H groups in total. The number of likely N-dealkylation sites (tertiary alicyclic amines) is 1. The Bertz CT molecular complexity index is 1420. The van der Waals surface area contributed by atoms with E-state index in [4.69, 9.17) is 0 Å². The van der Waals surface area contributed by atoms with Crippen LogP contribution in [0.3, 0.4) is 0 Å². The number of aromatic nitrogens is 2. The number of phenolic OH excluding ortho intramolecular Hbond substituents is 1. The van der Waals surface area contributed by atoms with Gasteiger partial charge in [0.1, 0.15) is 5.75 Å². The predicted molar refractivity (Wildman–Crippen MR) is 149 cm³/mol. The number of piperazine rings is 1. The lowest BCUT2D eigenvalue weighted by Crippen LogP contribution is -2.51. The fourth-order valence-corrected chi connectivity index (χ4v) is 5.36. The van der Waals surface area contributed by atoms with Gasteiger partial charge in [-0.05, 0) is 61.5 Å². The highest BCUT2D eigenvalue weighted by atomic mass is 19.4. The minimum absolute atomic E-state index is 0.0677. The van der Waals surface area contributed by atoms with Gasteiger partial charge in [-0.1, -0.05) is 0 Å². The number of rotatable bonds is 7. The van der Waals surface area contributed by atoms with Crippen LogP contribution in [0.5, 0.6) is 5.75 Å². The molecular weight excluding hydrogens is 553 g/mol. The molecule has 222 valence electrons. The van der Waals surface area contributed by atoms with Gasteiger partial charge in [-0.2, -0.15) is 13.2 Å². The summed E-state index contributed by atoms with van der Waals surface area (Å²) in [5, 5.41) is 22.1. The number of aliphatic hydroxyl groups excluding tert-OH is 1. The molecule has 0 bridgehead atoms. The van der Waals surface area contributed by atoms with Crippen molar-refractivity contribution >= 4 is 23.2 Å². The van der Waals surface area contributed by atoms with Crippen molar-refractivity contribution in [3.63, 3.8) is 0 Å². The third kappa shape index (κ3) is 6.31. The third-order valence-electron chi connectivity index (χ3n) is 7.82. The van der Waals surface area contributed by atoms with Gasteiger partial charge in [0, 0.05) is 62.1 Å². The molecule has 1 atom stereocenters. The van der Waals surface area contributed by atoms with Crippen molar-refractivity contribution in [3.05, 3.63) is 66.5 Å². The van der Waals surface area contributed by atoms with Gasteiger partial charge < -0.3 is 25.3 Å². The molecule has 0 radical (unpaired) electrons. The molecule has 3 heterocycles. The molecule has 3 aromatic rings. The van der Waals surface area contributed by atoms with E-state index in [1.807, 2.05) is 24.3 Å². The van der Waals surface area contributed by atoms with Crippen molar-refractivity contribution in [2.45, 2.75) is 12.6 Å². The molecule has 13 heteroatoms. The van der Waals surface area contributed by atoms with Crippen LogP contribution in [0.1, 0.15) is 12.0 Å². The van der Waals surface area contributed by atoms with E-state index in [2.05, 4.69) is 20.2 Å². The second-order valence-electron chi connectivity index (χ2n) is 10.6. The van der Waals surface area contributed by atoms with Crippen LogP contribution < -0.4 is 10.2 Å². The topological polar surface area (TPSA) is 122 Å². The van der Waals surface area contributed by atoms with E-state index in [1.54, 1.807) is 28.3 Å². The summed E-state index contributed by atoms with van der Waals surface area (Å²) in [5.41, 5.74) is -0.729. The summed E-state index contributed by atoms with van der Waals surface area (Å²) < 4.78 is 39.5. The predicted octanol–water partition coefficient (Wildman–Crippen LogP) is 2.84. The zero-order chi connectivity index (χ0) is 29.9. The number of nitrogens with one attached hydrogen (secondary N) is 1. The van der Waals surface area contributed by atoms with E-state index in [1.165, 1.54) is 0 Å². The summed E-state index contributed by atoms with van der Waals surface area (Å²) in [6.07, 6.45) is -1.16. The number of aliphatic hydroxyl groups is 1. The third-order valence-corrected chi connectivity index (χ3v) is 7.82. The Morgan fingerprint density at radius 2 is 1.67 bits per heavy atom. The largest absolute Gasteiger partial charge is 0.507 e. The number of benzene rings is 2. The van der Waals surface area contributed by atoms with Gasteiger partial charge in [0.15, 0.2) is 5.82 Å². The lowest BCUT2D eigenvalue weighted by molar-refractivity contribution is -0.138. The number of carbonyl (C=O) groups excluding carboxylic acids is 2. The van der Waals surface area contributed by atoms with E-state index >= 15 is 0 Å². The maximum absolute atomic E-state index is 13.2. The van der Waals surface area contributed by atoms with Crippen molar-refractivity contribution in [1.29, 1.82) is 0 Å². The number of nitrogens with zero attached hydrogens (tertiary/aromatic N) is 5. The molecule has 2 saturated heterocycles. The zero-order valence-electron chi connectivity index (χ0n) is 22.7. The Kier molecular flexibility index (Phi) is 8.32. The van der Waals surface area contributed by atoms with Crippen LogP contribution in [-0.4, -0.2) is 94.2 Å². The maximum atomic E-state index is 13.2. The Balaban J connectivity index is 1.13. The second kappa shape index (κ2) is 11.9. The van der Waals surface area contributed by atoms with Gasteiger partial charge in [0.25, 0.3) is 0 Å². The van der Waals surface area contributed by atoms with Gasteiger partial charge in [0.2, 0.25) is 11.8 Å². The summed E-state index contributed by atoms with van der Waals surface area (Å²) in [4.78, 5) is 40.4. The number of phenols is 1. The smallest absolute Gasteiger partial charge is 0.420 e. The Labute approximate surface area is 240 Å². The Morgan fingerprint density at radius 1 is 0.976 bits per heavy atom. The molecule has 2 fully saturated rings. The number of hydrogen-bond acceptors (Lipinski definition) is 8. The first-order valence-corrected chi connectivity index (χ1v) is 13.5. The monoisotopic (exact) mass is 584 g/mol. The molecule has 0 saturated carbocycles. The van der Waals surface area contributed by atoms with Gasteiger partial charge in [-0.15, -0.1) is 0 Å². The van der Waals surface area contributed by atoms with E-state index in [-0.39, 0.29) is 31.1 Å². The van der Waals surface area contributed by atoms with Crippen LogP contribution in [0.25, 0.3) is 11.4 Å². The molecule has 2 aliphatic heterocycles. The lowest BCUT2D eigenvalue weighted by atomic mass is 9.87. The molecular formula is C29H31F3N6O4. The summed E-state index contributed by atoms with van der Waals surface area (Å²) in [6.45, 7) is 2.38. The van der Waals surface area contributed by atoms with Crippen LogP contribution >= 0.6 is 0 Å². The minimum Gasteiger partial charge on any atom is -0.507 e. The molecule has 1 aromatic heterocycles. The number of anilines is 2. The quantitative estimate of drug-likeness (QED) is 0.363. The van der Waals surface area contributed by atoms with E-state index in [0.29, 0.717) is 44.6 Å². The normalized spacial score (nSPS) is 19.6. The molecule has 5 rings (SSSR count). The molecule has 0 unspecified atom stereocenters. The van der Waals surface area contributed by atoms with Crippen LogP contribution in [0, 0.1) is 5.41 Å². The highest BCUT2D eigenvalue weighted by Gasteiger charge is 2.45. The molecule has 2 amide bonds. The average Bonchev–Trinajstić information content (AvgIpc) is 3.42. The van der Waals surface area contributed by atoms with Gasteiger partial charge in [0.05, 0.1) is 24.1 Å². The zero-order valence-corrected chi connectivity index (χ0v) is 22.7. The molecule has 42 heavy (non-hydrogen) atoms. The molecule has 0 aliphatic carbocycles. The minimum atomic E-state index is -4.79. The van der Waals surface area contributed by atoms with Gasteiger partial charge in [-0.3, -0.25) is 14.5 Å². The number of hydrogen-bond donors (Lipinski definition) is 3. The number of halogens is 3. The van der Waals surface area contributed by atoms with Crippen molar-refractivity contribution in [3.8, 4) is 17.1 Å². The summed E-state index contributed by atoms with van der Waals surface area (Å²) in [7, 11) is 0. The van der Waals surface area contributed by atoms with Gasteiger partial charge in [-0.25, -0.2) is 9.97 Å². The number of aromatic hydroxyl groups is 1. The average molecular weight is 585 g/mol. The summed E-state index contributed by atoms with van der Waals surface area (Å²) >= 11 is 0. The van der Waals surface area contributed by atoms with E-state index in [0.717, 1.165) is 23.4 Å². The Hall–Kier alpha value is -4.23. The van der Waals surface area contributed by atoms with Crippen molar-refractivity contribution in [1.82, 2.24) is 19.8 Å². The number of carbonyl (C=O) groups is 2. The van der Waals surface area contributed by atoms with Gasteiger partial charge >= 0.3 is 6.18 Å². The fraction of sp³-hybridized carbons (Fsp3) is 0.379. The first-order valence-electron chi connectivity index (χ1n) is 13.5. The van der Waals surface area contributed by atoms with Crippen LogP contribution in [-0.2, 0) is 15.8 Å². The van der Waals surface area contributed by atoms with E-state index in [9.17, 15) is 33.0 Å². The standard InChI is InChI=1S/C29H31F3N6O4/c30-29(31,32)23-16-21(4-7-24(23)40)35-27(42)28(19-39)8-11-36(18-28)17-25(41)38-14-12-37(13-15-38)22-5-2-20(3-6-22)26-33-9-1-10-34-26/h1-7,9-10,16,39-40H,8,11-15,17-19H2,(H,35,42)/t28-/m1/s1. The number of alkyl halides is 3. The highest BCUT2D eigenvalue weighted by molar-refractivity contribution is 5.96. The SMILES string of the molecule is O=C(CN1CC[C@@](CO)(C(=O)Nc2ccc(O)c(C(F)(F)F)c2)C1)N1CCN(c2ccc(-c3ncccn3)cc2)CC1. The van der Waals surface area contributed by atoms with Crippen LogP contribution in [0.4, 0.5) is 24.5 Å². The Morgan fingerprint density at radius 3 is 2.31 bits per heavy atom. The van der Waals surface area contributed by atoms with Crippen molar-refractivity contribution in [2.75, 3.05) is 62.6 Å². The molecule has 2 aromatic carbocycles. The van der Waals surface area contributed by atoms with Crippen LogP contribution in [0.2, 0.25) is 0 Å². The molecule has 0 spiro atoms. The van der Waals surface area contributed by atoms with Crippen LogP contribution in [0.15, 0.2) is 60.9 Å². The fourth-order valence-electron chi connectivity index (χ4n) is 5.36. The lowest BCUT2D eigenvalue weighted by Gasteiger charge is -2.37. The highest BCUT2D eigenvalue weighted by Crippen LogP contribution is 2.38. The summed E-state index contributed by atoms with van der Waals surface area (Å²) in [5.74, 6) is -1.02. The first kappa shape index (κ1) is 29.3. The first-order chi connectivity index (χ1) is 20.1. The molecule has 10 nitrogen and oxygen atoms in total. The maximum Gasteiger partial charge on any atom is 0.420 e. The molecule has 2 aliphatic rings. The van der Waals surface area contributed by atoms with E-state index < -0.39 is 35.4 Å². The number of amides is 2.